The first kappa shape index (κ1) is 13.8. The van der Waals surface area contributed by atoms with Crippen LogP contribution in [0.1, 0.15) is 12.5 Å². The Morgan fingerprint density at radius 1 is 1.58 bits per heavy atom. The summed E-state index contributed by atoms with van der Waals surface area (Å²) in [5.74, 6) is 0.417. The number of aromatic nitrogens is 1. The lowest BCUT2D eigenvalue weighted by molar-refractivity contribution is -0.136. The highest BCUT2D eigenvalue weighted by Crippen LogP contribution is 2.14. The smallest absolute Gasteiger partial charge is 0.246 e. The topological polar surface area (TPSA) is 72.5 Å². The molecule has 2 heterocycles. The Balaban J connectivity index is 1.73. The number of hydrogen-bond acceptors (Lipinski definition) is 5. The summed E-state index contributed by atoms with van der Waals surface area (Å²) in [4.78, 5) is 15.7. The molecule has 0 aliphatic carbocycles. The fourth-order valence-corrected chi connectivity index (χ4v) is 1.74. The lowest BCUT2D eigenvalue weighted by atomic mass is 10.0. The average Bonchev–Trinajstić information content (AvgIpc) is 2.41. The fraction of sp³-hybridized carbons (Fsp3) is 0.538. The predicted octanol–water partition coefficient (Wildman–Crippen LogP) is 0.0849. The zero-order valence-electron chi connectivity index (χ0n) is 11.2. The summed E-state index contributed by atoms with van der Waals surface area (Å²) in [7, 11) is 1.56. The van der Waals surface area contributed by atoms with E-state index in [0.717, 1.165) is 18.7 Å². The van der Waals surface area contributed by atoms with E-state index in [1.165, 1.54) is 0 Å². The zero-order valence-corrected chi connectivity index (χ0v) is 11.2. The number of rotatable bonds is 6. The molecule has 1 aliphatic rings. The van der Waals surface area contributed by atoms with Crippen molar-refractivity contribution < 1.29 is 14.3 Å². The molecule has 6 heteroatoms. The van der Waals surface area contributed by atoms with E-state index < -0.39 is 0 Å². The molecule has 2 rings (SSSR count). The van der Waals surface area contributed by atoms with Gasteiger partial charge in [-0.25, -0.2) is 4.98 Å². The molecule has 0 radical (unpaired) electrons. The van der Waals surface area contributed by atoms with Gasteiger partial charge in [-0.1, -0.05) is 0 Å². The number of pyridine rings is 1. The summed E-state index contributed by atoms with van der Waals surface area (Å²) in [5, 5.41) is 5.92. The molecule has 0 spiro atoms. The number of carbonyl (C=O) groups is 1. The standard InChI is InChI=1S/C13H19N3O3/c1-13(8-14-9-13)19-7-11(17)16-6-10-3-4-15-12(5-10)18-2/h3-5,14H,6-9H2,1-2H3,(H,16,17). The van der Waals surface area contributed by atoms with Crippen molar-refractivity contribution in [2.75, 3.05) is 26.8 Å². The van der Waals surface area contributed by atoms with Crippen molar-refractivity contribution in [2.45, 2.75) is 19.1 Å². The van der Waals surface area contributed by atoms with Crippen LogP contribution in [-0.2, 0) is 16.1 Å². The molecule has 0 unspecified atom stereocenters. The van der Waals surface area contributed by atoms with E-state index in [2.05, 4.69) is 15.6 Å². The Hall–Kier alpha value is -1.66. The van der Waals surface area contributed by atoms with E-state index in [-0.39, 0.29) is 18.1 Å². The highest BCUT2D eigenvalue weighted by Gasteiger charge is 2.32. The molecule has 104 valence electrons. The van der Waals surface area contributed by atoms with Crippen LogP contribution in [0.5, 0.6) is 5.88 Å². The minimum atomic E-state index is -0.197. The minimum Gasteiger partial charge on any atom is -0.481 e. The van der Waals surface area contributed by atoms with Gasteiger partial charge >= 0.3 is 0 Å². The van der Waals surface area contributed by atoms with Gasteiger partial charge in [0.2, 0.25) is 11.8 Å². The number of ether oxygens (including phenoxy) is 2. The van der Waals surface area contributed by atoms with Gasteiger partial charge in [0.1, 0.15) is 6.61 Å². The van der Waals surface area contributed by atoms with Crippen LogP contribution >= 0.6 is 0 Å². The van der Waals surface area contributed by atoms with Gasteiger partial charge in [-0.15, -0.1) is 0 Å². The van der Waals surface area contributed by atoms with E-state index in [9.17, 15) is 4.79 Å². The van der Waals surface area contributed by atoms with Gasteiger partial charge < -0.3 is 20.1 Å². The Bertz CT molecular complexity index is 447. The molecule has 0 aromatic carbocycles. The summed E-state index contributed by atoms with van der Waals surface area (Å²) in [6.07, 6.45) is 1.65. The number of carbonyl (C=O) groups excluding carboxylic acids is 1. The van der Waals surface area contributed by atoms with Gasteiger partial charge in [0.25, 0.3) is 0 Å². The van der Waals surface area contributed by atoms with Gasteiger partial charge in [0, 0.05) is 31.9 Å². The van der Waals surface area contributed by atoms with E-state index in [1.54, 1.807) is 19.4 Å². The minimum absolute atomic E-state index is 0.0837. The molecule has 1 fully saturated rings. The highest BCUT2D eigenvalue weighted by atomic mass is 16.5. The normalized spacial score (nSPS) is 16.5. The SMILES string of the molecule is COc1cc(CNC(=O)COC2(C)CNC2)ccn1. The first-order chi connectivity index (χ1) is 9.11. The molecule has 1 aromatic heterocycles. The quantitative estimate of drug-likeness (QED) is 0.762. The number of hydrogen-bond donors (Lipinski definition) is 2. The number of methoxy groups -OCH3 is 1. The van der Waals surface area contributed by atoms with Crippen molar-refractivity contribution in [3.05, 3.63) is 23.9 Å². The summed E-state index contributed by atoms with van der Waals surface area (Å²) in [5.41, 5.74) is 0.744. The van der Waals surface area contributed by atoms with Crippen molar-refractivity contribution in [1.29, 1.82) is 0 Å². The Morgan fingerprint density at radius 2 is 2.37 bits per heavy atom. The van der Waals surface area contributed by atoms with Crippen LogP contribution in [-0.4, -0.2) is 43.3 Å². The van der Waals surface area contributed by atoms with Crippen LogP contribution in [0, 0.1) is 0 Å². The van der Waals surface area contributed by atoms with Crippen LogP contribution in [0.3, 0.4) is 0 Å². The second-order valence-corrected chi connectivity index (χ2v) is 4.83. The predicted molar refractivity (Wildman–Crippen MR) is 69.9 cm³/mol. The first-order valence-electron chi connectivity index (χ1n) is 6.22. The summed E-state index contributed by atoms with van der Waals surface area (Å²) >= 11 is 0. The van der Waals surface area contributed by atoms with Gasteiger partial charge in [0.15, 0.2) is 0 Å². The van der Waals surface area contributed by atoms with Gasteiger partial charge in [0.05, 0.1) is 12.7 Å². The molecule has 1 saturated heterocycles. The van der Waals surface area contributed by atoms with Crippen LogP contribution in [0.2, 0.25) is 0 Å². The third-order valence-electron chi connectivity index (χ3n) is 3.05. The second kappa shape index (κ2) is 5.99. The number of amides is 1. The molecular weight excluding hydrogens is 246 g/mol. The second-order valence-electron chi connectivity index (χ2n) is 4.83. The summed E-state index contributed by atoms with van der Waals surface area (Å²) < 4.78 is 10.6. The highest BCUT2D eigenvalue weighted by molar-refractivity contribution is 5.77. The van der Waals surface area contributed by atoms with E-state index in [0.29, 0.717) is 12.4 Å². The number of nitrogens with zero attached hydrogens (tertiary/aromatic N) is 1. The lowest BCUT2D eigenvalue weighted by Crippen LogP contribution is -2.59. The number of nitrogens with one attached hydrogen (secondary N) is 2. The monoisotopic (exact) mass is 265 g/mol. The molecule has 2 N–H and O–H groups in total. The Morgan fingerprint density at radius 3 is 3.00 bits per heavy atom. The molecule has 19 heavy (non-hydrogen) atoms. The maximum atomic E-state index is 11.7. The summed E-state index contributed by atoms with van der Waals surface area (Å²) in [6, 6.07) is 3.62. The van der Waals surface area contributed by atoms with Crippen molar-refractivity contribution in [3.8, 4) is 5.88 Å². The van der Waals surface area contributed by atoms with Gasteiger partial charge in [-0.2, -0.15) is 0 Å². The third kappa shape index (κ3) is 3.90. The average molecular weight is 265 g/mol. The summed E-state index contributed by atoms with van der Waals surface area (Å²) in [6.45, 7) is 4.10. The van der Waals surface area contributed by atoms with Gasteiger partial charge in [-0.05, 0) is 18.6 Å². The van der Waals surface area contributed by atoms with Crippen LogP contribution < -0.4 is 15.4 Å². The van der Waals surface area contributed by atoms with Crippen molar-refractivity contribution in [2.24, 2.45) is 0 Å². The van der Waals surface area contributed by atoms with Crippen LogP contribution in [0.15, 0.2) is 18.3 Å². The first-order valence-corrected chi connectivity index (χ1v) is 6.22. The zero-order chi connectivity index (χ0) is 13.7. The fourth-order valence-electron chi connectivity index (χ4n) is 1.74. The molecule has 1 aromatic rings. The molecule has 6 nitrogen and oxygen atoms in total. The van der Waals surface area contributed by atoms with Crippen molar-refractivity contribution >= 4 is 5.91 Å². The van der Waals surface area contributed by atoms with E-state index >= 15 is 0 Å². The lowest BCUT2D eigenvalue weighted by Gasteiger charge is -2.38. The van der Waals surface area contributed by atoms with Crippen LogP contribution in [0.25, 0.3) is 0 Å². The Kier molecular flexibility index (Phi) is 4.34. The molecule has 1 amide bonds. The molecule has 1 aliphatic heterocycles. The van der Waals surface area contributed by atoms with E-state index in [1.807, 2.05) is 13.0 Å². The molecular formula is C13H19N3O3. The molecule has 0 saturated carbocycles. The third-order valence-corrected chi connectivity index (χ3v) is 3.05. The molecule has 0 bridgehead atoms. The van der Waals surface area contributed by atoms with Crippen molar-refractivity contribution in [1.82, 2.24) is 15.6 Å². The van der Waals surface area contributed by atoms with Crippen LogP contribution in [0.4, 0.5) is 0 Å². The van der Waals surface area contributed by atoms with E-state index in [4.69, 9.17) is 9.47 Å². The maximum Gasteiger partial charge on any atom is 0.246 e. The largest absolute Gasteiger partial charge is 0.481 e. The van der Waals surface area contributed by atoms with Crippen molar-refractivity contribution in [3.63, 3.8) is 0 Å². The maximum absolute atomic E-state index is 11.7. The van der Waals surface area contributed by atoms with Gasteiger partial charge in [-0.3, -0.25) is 4.79 Å². The Labute approximate surface area is 112 Å². The molecule has 0 atom stereocenters.